The molecule has 2 unspecified atom stereocenters. The molecule has 1 rings (SSSR count). The highest BCUT2D eigenvalue weighted by atomic mass is 32.2. The first-order valence-corrected chi connectivity index (χ1v) is 7.73. The average molecular weight is 294 g/mol. The maximum Gasteiger partial charge on any atom is 0.322 e. The normalized spacial score (nSPS) is 25.1. The molecule has 1 aliphatic heterocycles. The summed E-state index contributed by atoms with van der Waals surface area (Å²) in [5.41, 5.74) is 0. The number of aliphatic carboxylic acids is 1. The van der Waals surface area contributed by atoms with Crippen molar-refractivity contribution in [2.24, 2.45) is 0 Å². The quantitative estimate of drug-likeness (QED) is 0.721. The second-order valence-electron chi connectivity index (χ2n) is 4.70. The van der Waals surface area contributed by atoms with Gasteiger partial charge in [0.15, 0.2) is 0 Å². The third-order valence-corrected chi connectivity index (χ3v) is 5.32. The molecule has 1 heterocycles. The number of carboxylic acids is 1. The van der Waals surface area contributed by atoms with Crippen molar-refractivity contribution in [3.8, 4) is 0 Å². The first kappa shape index (κ1) is 16.4. The number of rotatable bonds is 7. The van der Waals surface area contributed by atoms with Gasteiger partial charge in [-0.05, 0) is 6.42 Å². The first-order chi connectivity index (χ1) is 8.84. The van der Waals surface area contributed by atoms with Gasteiger partial charge in [-0.2, -0.15) is 17.0 Å². The highest BCUT2D eigenvalue weighted by Gasteiger charge is 2.45. The van der Waals surface area contributed by atoms with E-state index >= 15 is 0 Å². The Morgan fingerprint density at radius 2 is 2.16 bits per heavy atom. The molecule has 1 fully saturated rings. The van der Waals surface area contributed by atoms with Crippen molar-refractivity contribution in [1.29, 1.82) is 0 Å². The number of carbonyl (C=O) groups is 1. The third kappa shape index (κ3) is 3.65. The lowest BCUT2D eigenvalue weighted by Crippen LogP contribution is -2.47. The summed E-state index contributed by atoms with van der Waals surface area (Å²) >= 11 is 0. The Labute approximate surface area is 114 Å². The van der Waals surface area contributed by atoms with Crippen molar-refractivity contribution >= 4 is 16.2 Å². The van der Waals surface area contributed by atoms with Crippen LogP contribution in [0.25, 0.3) is 0 Å². The summed E-state index contributed by atoms with van der Waals surface area (Å²) in [4.78, 5) is 11.2. The lowest BCUT2D eigenvalue weighted by Gasteiger charge is -2.26. The molecule has 7 nitrogen and oxygen atoms in total. The van der Waals surface area contributed by atoms with Crippen LogP contribution >= 0.6 is 0 Å². The largest absolute Gasteiger partial charge is 0.480 e. The van der Waals surface area contributed by atoms with Gasteiger partial charge >= 0.3 is 5.97 Å². The van der Waals surface area contributed by atoms with E-state index in [1.165, 1.54) is 18.5 Å². The molecule has 0 saturated carbocycles. The minimum absolute atomic E-state index is 0.0895. The van der Waals surface area contributed by atoms with Crippen LogP contribution in [0, 0.1) is 0 Å². The molecule has 1 N–H and O–H groups in total. The Morgan fingerprint density at radius 1 is 1.53 bits per heavy atom. The Bertz CT molecular complexity index is 411. The number of methoxy groups -OCH3 is 1. The molecule has 8 heteroatoms. The lowest BCUT2D eigenvalue weighted by molar-refractivity contribution is -0.140. The van der Waals surface area contributed by atoms with Crippen LogP contribution in [0.4, 0.5) is 0 Å². The van der Waals surface area contributed by atoms with E-state index in [-0.39, 0.29) is 19.1 Å². The van der Waals surface area contributed by atoms with Crippen LogP contribution < -0.4 is 0 Å². The summed E-state index contributed by atoms with van der Waals surface area (Å²) in [6.45, 7) is 2.45. The van der Waals surface area contributed by atoms with E-state index in [1.54, 1.807) is 0 Å². The molecule has 2 atom stereocenters. The summed E-state index contributed by atoms with van der Waals surface area (Å²) in [6.07, 6.45) is 1.44. The second-order valence-corrected chi connectivity index (χ2v) is 6.69. The van der Waals surface area contributed by atoms with Gasteiger partial charge in [-0.25, -0.2) is 0 Å². The fourth-order valence-corrected chi connectivity index (χ4v) is 3.66. The summed E-state index contributed by atoms with van der Waals surface area (Å²) in [6, 6.07) is -1.04. The predicted octanol–water partition coefficient (Wildman–Crippen LogP) is 0.137. The van der Waals surface area contributed by atoms with E-state index < -0.39 is 22.2 Å². The minimum atomic E-state index is -3.74. The summed E-state index contributed by atoms with van der Waals surface area (Å²) in [5, 5.41) is 9.14. The Kier molecular flexibility index (Phi) is 5.72. The molecule has 0 aromatic carbocycles. The molecule has 0 spiro atoms. The van der Waals surface area contributed by atoms with Crippen molar-refractivity contribution in [1.82, 2.24) is 8.61 Å². The minimum Gasteiger partial charge on any atom is -0.480 e. The molecular formula is C11H22N2O5S. The van der Waals surface area contributed by atoms with Gasteiger partial charge in [0, 0.05) is 33.7 Å². The second kappa shape index (κ2) is 6.65. The van der Waals surface area contributed by atoms with E-state index in [4.69, 9.17) is 9.84 Å². The van der Waals surface area contributed by atoms with Crippen LogP contribution in [0.2, 0.25) is 0 Å². The molecule has 0 aliphatic carbocycles. The van der Waals surface area contributed by atoms with E-state index in [1.807, 2.05) is 6.92 Å². The fraction of sp³-hybridized carbons (Fsp3) is 0.909. The summed E-state index contributed by atoms with van der Waals surface area (Å²) < 4.78 is 32.0. The summed E-state index contributed by atoms with van der Waals surface area (Å²) in [5.74, 6) is -1.13. The van der Waals surface area contributed by atoms with Gasteiger partial charge in [0.1, 0.15) is 6.04 Å². The van der Waals surface area contributed by atoms with Crippen molar-refractivity contribution in [3.05, 3.63) is 0 Å². The van der Waals surface area contributed by atoms with Gasteiger partial charge in [0.2, 0.25) is 0 Å². The number of hydrogen-bond donors (Lipinski definition) is 1. The predicted molar refractivity (Wildman–Crippen MR) is 70.0 cm³/mol. The Balaban J connectivity index is 2.88. The molecular weight excluding hydrogens is 272 g/mol. The number of carboxylic acid groups (broad SMARTS) is 1. The maximum absolute atomic E-state index is 12.3. The number of hydrogen-bond acceptors (Lipinski definition) is 4. The van der Waals surface area contributed by atoms with E-state index in [0.717, 1.165) is 17.1 Å². The van der Waals surface area contributed by atoms with Crippen LogP contribution in [0.3, 0.4) is 0 Å². The smallest absolute Gasteiger partial charge is 0.322 e. The monoisotopic (exact) mass is 294 g/mol. The molecule has 0 aromatic rings. The fourth-order valence-electron chi connectivity index (χ4n) is 2.09. The van der Waals surface area contributed by atoms with Gasteiger partial charge < -0.3 is 9.84 Å². The average Bonchev–Trinajstić information content (AvgIpc) is 2.80. The standard InChI is InChI=1S/C11H22N2O5S/c1-4-5-6-12(2)19(16,17)13-8-9(18-3)7-10(13)11(14)15/h9-10H,4-8H2,1-3H3,(H,14,15). The first-order valence-electron chi connectivity index (χ1n) is 6.33. The van der Waals surface area contributed by atoms with Crippen LogP contribution in [-0.2, 0) is 19.7 Å². The topological polar surface area (TPSA) is 87.2 Å². The molecule has 1 saturated heterocycles. The Hall–Kier alpha value is -0.700. The van der Waals surface area contributed by atoms with Gasteiger partial charge in [-0.15, -0.1) is 0 Å². The highest BCUT2D eigenvalue weighted by Crippen LogP contribution is 2.25. The zero-order valence-corrected chi connectivity index (χ0v) is 12.4. The van der Waals surface area contributed by atoms with Crippen molar-refractivity contribution in [3.63, 3.8) is 0 Å². The van der Waals surface area contributed by atoms with Crippen LogP contribution in [0.15, 0.2) is 0 Å². The van der Waals surface area contributed by atoms with Gasteiger partial charge in [-0.3, -0.25) is 4.79 Å². The molecule has 0 amide bonds. The highest BCUT2D eigenvalue weighted by molar-refractivity contribution is 7.86. The molecule has 0 aromatic heterocycles. The maximum atomic E-state index is 12.3. The van der Waals surface area contributed by atoms with Crippen LogP contribution in [-0.4, -0.2) is 67.5 Å². The molecule has 1 aliphatic rings. The van der Waals surface area contributed by atoms with Gasteiger partial charge in [0.25, 0.3) is 10.2 Å². The van der Waals surface area contributed by atoms with Crippen molar-refractivity contribution < 1.29 is 23.1 Å². The number of nitrogens with zero attached hydrogens (tertiary/aromatic N) is 2. The summed E-state index contributed by atoms with van der Waals surface area (Å²) in [7, 11) is -0.807. The van der Waals surface area contributed by atoms with Crippen LogP contribution in [0.5, 0.6) is 0 Å². The molecule has 0 radical (unpaired) electrons. The zero-order chi connectivity index (χ0) is 14.6. The van der Waals surface area contributed by atoms with Crippen LogP contribution in [0.1, 0.15) is 26.2 Å². The van der Waals surface area contributed by atoms with E-state index in [2.05, 4.69) is 0 Å². The molecule has 19 heavy (non-hydrogen) atoms. The third-order valence-electron chi connectivity index (χ3n) is 3.35. The van der Waals surface area contributed by atoms with E-state index in [0.29, 0.717) is 6.54 Å². The Morgan fingerprint density at radius 3 is 2.63 bits per heavy atom. The SMILES string of the molecule is CCCCN(C)S(=O)(=O)N1CC(OC)CC1C(=O)O. The lowest BCUT2D eigenvalue weighted by atomic mass is 10.2. The van der Waals surface area contributed by atoms with Gasteiger partial charge in [0.05, 0.1) is 6.10 Å². The van der Waals surface area contributed by atoms with Crippen molar-refractivity contribution in [2.45, 2.75) is 38.3 Å². The van der Waals surface area contributed by atoms with Gasteiger partial charge in [-0.1, -0.05) is 13.3 Å². The molecule has 0 bridgehead atoms. The van der Waals surface area contributed by atoms with Crippen molar-refractivity contribution in [2.75, 3.05) is 27.2 Å². The number of ether oxygens (including phenoxy) is 1. The van der Waals surface area contributed by atoms with E-state index in [9.17, 15) is 13.2 Å². The zero-order valence-electron chi connectivity index (χ0n) is 11.6. The number of unbranched alkanes of at least 4 members (excludes halogenated alkanes) is 1. The molecule has 112 valence electrons.